The van der Waals surface area contributed by atoms with Gasteiger partial charge in [-0.15, -0.1) is 0 Å². The summed E-state index contributed by atoms with van der Waals surface area (Å²) in [5.41, 5.74) is 0. The van der Waals surface area contributed by atoms with Crippen molar-refractivity contribution < 1.29 is 29.3 Å². The number of aliphatic hydroxyl groups excluding tert-OH is 2. The zero-order chi connectivity index (χ0) is 16.8. The summed E-state index contributed by atoms with van der Waals surface area (Å²) in [7, 11) is 0. The van der Waals surface area contributed by atoms with Gasteiger partial charge < -0.3 is 19.7 Å². The monoisotopic (exact) mass is 314 g/mol. The Bertz CT molecular complexity index is 339. The third-order valence-electron chi connectivity index (χ3n) is 2.80. The van der Waals surface area contributed by atoms with E-state index >= 15 is 0 Å². The molecule has 0 aromatic heterocycles. The topological polar surface area (TPSA) is 93.1 Å². The van der Waals surface area contributed by atoms with Crippen LogP contribution in [0.15, 0.2) is 24.3 Å². The van der Waals surface area contributed by atoms with Gasteiger partial charge in [-0.2, -0.15) is 0 Å². The Morgan fingerprint density at radius 3 is 1.50 bits per heavy atom. The van der Waals surface area contributed by atoms with Gasteiger partial charge in [0.15, 0.2) is 0 Å². The van der Waals surface area contributed by atoms with Crippen molar-refractivity contribution in [3.8, 4) is 0 Å². The molecule has 2 N–H and O–H groups in total. The van der Waals surface area contributed by atoms with Crippen LogP contribution in [0, 0.1) is 0 Å². The highest BCUT2D eigenvalue weighted by molar-refractivity contribution is 5.66. The molecule has 0 unspecified atom stereocenters. The molecule has 0 heterocycles. The molecule has 0 spiro atoms. The average molecular weight is 314 g/mol. The van der Waals surface area contributed by atoms with E-state index in [0.29, 0.717) is 25.7 Å². The normalized spacial score (nSPS) is 14.2. The van der Waals surface area contributed by atoms with Crippen molar-refractivity contribution in [3.05, 3.63) is 24.3 Å². The van der Waals surface area contributed by atoms with E-state index in [0.717, 1.165) is 0 Å². The molecule has 0 bridgehead atoms. The number of carbonyl (C=O) groups excluding carboxylic acids is 2. The summed E-state index contributed by atoms with van der Waals surface area (Å²) in [5.74, 6) is -0.663. The van der Waals surface area contributed by atoms with Crippen LogP contribution in [0.3, 0.4) is 0 Å². The van der Waals surface area contributed by atoms with Crippen molar-refractivity contribution in [2.24, 2.45) is 0 Å². The number of carbonyl (C=O) groups is 2. The molecule has 0 aromatic rings. The molecule has 0 aliphatic carbocycles. The number of hydrogen-bond donors (Lipinski definition) is 2. The number of hydrogen-bond acceptors (Lipinski definition) is 6. The van der Waals surface area contributed by atoms with Crippen molar-refractivity contribution in [2.75, 3.05) is 13.2 Å². The maximum atomic E-state index is 10.5. The fourth-order valence-electron chi connectivity index (χ4n) is 1.62. The van der Waals surface area contributed by atoms with E-state index in [2.05, 4.69) is 0 Å². The summed E-state index contributed by atoms with van der Waals surface area (Å²) in [6, 6.07) is 0. The van der Waals surface area contributed by atoms with Crippen LogP contribution in [0.25, 0.3) is 0 Å². The van der Waals surface area contributed by atoms with Crippen LogP contribution in [-0.4, -0.2) is 47.6 Å². The second-order valence-corrected chi connectivity index (χ2v) is 4.84. The molecule has 0 amide bonds. The fraction of sp³-hybridized carbons (Fsp3) is 0.625. The summed E-state index contributed by atoms with van der Waals surface area (Å²) in [5, 5.41) is 19.6. The van der Waals surface area contributed by atoms with Crippen LogP contribution in [0.2, 0.25) is 0 Å². The van der Waals surface area contributed by atoms with Gasteiger partial charge in [0.25, 0.3) is 0 Å². The lowest BCUT2D eigenvalue weighted by Crippen LogP contribution is -2.25. The summed E-state index contributed by atoms with van der Waals surface area (Å²) in [4.78, 5) is 21.0. The molecule has 126 valence electrons. The first-order valence-corrected chi connectivity index (χ1v) is 7.36. The van der Waals surface area contributed by atoms with Gasteiger partial charge in [-0.1, -0.05) is 24.3 Å². The Kier molecular flexibility index (Phi) is 12.1. The first-order chi connectivity index (χ1) is 10.4. The average Bonchev–Trinajstić information content (AvgIpc) is 2.45. The second kappa shape index (κ2) is 13.0. The standard InChI is InChI=1S/C16H26O6/c1-13(17)21-11-7-3-5-9-15(19)16(20)10-6-4-8-12-22-14(2)18/h3-4,7-8,15-16,19-20H,5-6,9-12H2,1-2H3/b7-3+,8-4+/t15-,16-/m1/s1. The summed E-state index contributed by atoms with van der Waals surface area (Å²) in [6.07, 6.45) is 7.51. The van der Waals surface area contributed by atoms with Gasteiger partial charge in [-0.05, 0) is 25.7 Å². The Balaban J connectivity index is 3.67. The third-order valence-corrected chi connectivity index (χ3v) is 2.80. The Hall–Kier alpha value is -1.66. The lowest BCUT2D eigenvalue weighted by Gasteiger charge is -2.16. The van der Waals surface area contributed by atoms with Crippen LogP contribution in [0.4, 0.5) is 0 Å². The molecule has 6 nitrogen and oxygen atoms in total. The number of rotatable bonds is 11. The van der Waals surface area contributed by atoms with E-state index in [9.17, 15) is 19.8 Å². The Morgan fingerprint density at radius 1 is 0.818 bits per heavy atom. The van der Waals surface area contributed by atoms with Crippen LogP contribution >= 0.6 is 0 Å². The fourth-order valence-corrected chi connectivity index (χ4v) is 1.62. The van der Waals surface area contributed by atoms with Gasteiger partial charge in [0.05, 0.1) is 12.2 Å². The second-order valence-electron chi connectivity index (χ2n) is 4.84. The van der Waals surface area contributed by atoms with Crippen LogP contribution in [-0.2, 0) is 19.1 Å². The minimum Gasteiger partial charge on any atom is -0.462 e. The van der Waals surface area contributed by atoms with Gasteiger partial charge in [0.1, 0.15) is 13.2 Å². The van der Waals surface area contributed by atoms with Crippen LogP contribution < -0.4 is 0 Å². The number of aliphatic hydroxyl groups is 2. The first-order valence-electron chi connectivity index (χ1n) is 7.36. The van der Waals surface area contributed by atoms with Crippen molar-refractivity contribution >= 4 is 11.9 Å². The van der Waals surface area contributed by atoms with E-state index < -0.39 is 12.2 Å². The quantitative estimate of drug-likeness (QED) is 0.443. The maximum absolute atomic E-state index is 10.5. The van der Waals surface area contributed by atoms with E-state index in [4.69, 9.17) is 9.47 Å². The van der Waals surface area contributed by atoms with Crippen molar-refractivity contribution in [1.29, 1.82) is 0 Å². The van der Waals surface area contributed by atoms with Crippen molar-refractivity contribution in [3.63, 3.8) is 0 Å². The molecule has 0 saturated carbocycles. The van der Waals surface area contributed by atoms with Crippen molar-refractivity contribution in [1.82, 2.24) is 0 Å². The van der Waals surface area contributed by atoms with Gasteiger partial charge in [-0.25, -0.2) is 0 Å². The highest BCUT2D eigenvalue weighted by atomic mass is 16.5. The number of ether oxygens (including phenoxy) is 2. The Morgan fingerprint density at radius 2 is 1.18 bits per heavy atom. The molecule has 0 aromatic carbocycles. The molecule has 0 aliphatic rings. The predicted octanol–water partition coefficient (Wildman–Crippen LogP) is 1.51. The molecule has 6 heteroatoms. The van der Waals surface area contributed by atoms with Gasteiger partial charge >= 0.3 is 11.9 Å². The molecule has 0 rings (SSSR count). The molecule has 0 aliphatic heterocycles. The SMILES string of the molecule is CC(=O)OC/C=C/CC[C@@H](O)[C@H](O)CC/C=C/COC(C)=O. The summed E-state index contributed by atoms with van der Waals surface area (Å²) >= 11 is 0. The molecule has 0 radical (unpaired) electrons. The van der Waals surface area contributed by atoms with Gasteiger partial charge in [0.2, 0.25) is 0 Å². The minimum atomic E-state index is -0.791. The van der Waals surface area contributed by atoms with Crippen molar-refractivity contribution in [2.45, 2.75) is 51.7 Å². The summed E-state index contributed by atoms with van der Waals surface area (Å²) < 4.78 is 9.44. The maximum Gasteiger partial charge on any atom is 0.302 e. The summed E-state index contributed by atoms with van der Waals surface area (Å²) in [6.45, 7) is 3.13. The van der Waals surface area contributed by atoms with Gasteiger partial charge in [0, 0.05) is 13.8 Å². The first kappa shape index (κ1) is 20.3. The molecular formula is C16H26O6. The molecule has 0 saturated heterocycles. The Labute approximate surface area is 131 Å². The lowest BCUT2D eigenvalue weighted by atomic mass is 10.0. The molecule has 22 heavy (non-hydrogen) atoms. The smallest absolute Gasteiger partial charge is 0.302 e. The lowest BCUT2D eigenvalue weighted by molar-refractivity contribution is -0.140. The van der Waals surface area contributed by atoms with Gasteiger partial charge in [-0.3, -0.25) is 9.59 Å². The van der Waals surface area contributed by atoms with E-state index in [1.807, 2.05) is 0 Å². The van der Waals surface area contributed by atoms with E-state index in [-0.39, 0.29) is 25.2 Å². The zero-order valence-electron chi connectivity index (χ0n) is 13.2. The molecular weight excluding hydrogens is 288 g/mol. The predicted molar refractivity (Wildman–Crippen MR) is 82.0 cm³/mol. The van der Waals surface area contributed by atoms with Crippen LogP contribution in [0.1, 0.15) is 39.5 Å². The highest BCUT2D eigenvalue weighted by Crippen LogP contribution is 2.09. The highest BCUT2D eigenvalue weighted by Gasteiger charge is 2.14. The number of allylic oxidation sites excluding steroid dienone is 2. The largest absolute Gasteiger partial charge is 0.462 e. The zero-order valence-corrected chi connectivity index (χ0v) is 13.2. The van der Waals surface area contributed by atoms with Crippen LogP contribution in [0.5, 0.6) is 0 Å². The van der Waals surface area contributed by atoms with E-state index in [1.54, 1.807) is 24.3 Å². The van der Waals surface area contributed by atoms with E-state index in [1.165, 1.54) is 13.8 Å². The minimum absolute atomic E-state index is 0.223. The molecule has 2 atom stereocenters. The molecule has 0 fully saturated rings. The number of esters is 2. The third kappa shape index (κ3) is 13.3.